The van der Waals surface area contributed by atoms with Crippen molar-refractivity contribution in [3.63, 3.8) is 0 Å². The van der Waals surface area contributed by atoms with Gasteiger partial charge in [-0.3, -0.25) is 19.2 Å². The van der Waals surface area contributed by atoms with Gasteiger partial charge in [0.1, 0.15) is 16.9 Å². The van der Waals surface area contributed by atoms with Crippen molar-refractivity contribution in [1.82, 2.24) is 15.1 Å². The van der Waals surface area contributed by atoms with E-state index in [1.165, 1.54) is 12.8 Å². The highest BCUT2D eigenvalue weighted by atomic mass is 35.5. The smallest absolute Gasteiger partial charge is 0.277 e. The molecule has 1 N–H and O–H groups in total. The number of anilines is 1. The van der Waals surface area contributed by atoms with Gasteiger partial charge < -0.3 is 5.32 Å². The number of thiophene rings is 1. The zero-order chi connectivity index (χ0) is 23.9. The van der Waals surface area contributed by atoms with Crippen molar-refractivity contribution in [1.29, 1.82) is 0 Å². The van der Waals surface area contributed by atoms with E-state index in [2.05, 4.69) is 5.32 Å². The van der Waals surface area contributed by atoms with Gasteiger partial charge in [0.05, 0.1) is 11.4 Å². The number of carbonyl (C=O) groups is 2. The van der Waals surface area contributed by atoms with Crippen molar-refractivity contribution >= 4 is 40.4 Å². The highest BCUT2D eigenvalue weighted by Crippen LogP contribution is 2.37. The molecule has 34 heavy (non-hydrogen) atoms. The summed E-state index contributed by atoms with van der Waals surface area (Å²) in [5, 5.41) is 10.5. The Labute approximate surface area is 208 Å². The van der Waals surface area contributed by atoms with Gasteiger partial charge in [-0.2, -0.15) is 5.10 Å². The molecule has 2 amide bonds. The van der Waals surface area contributed by atoms with E-state index < -0.39 is 5.54 Å². The Morgan fingerprint density at radius 3 is 2.65 bits per heavy atom. The third-order valence-corrected chi connectivity index (χ3v) is 8.15. The van der Waals surface area contributed by atoms with E-state index in [0.29, 0.717) is 16.4 Å². The number of halogens is 1. The lowest BCUT2D eigenvalue weighted by molar-refractivity contribution is -0.127. The number of amides is 2. The highest BCUT2D eigenvalue weighted by Gasteiger charge is 2.49. The number of fused-ring (bicyclic) bond motifs is 1. The largest absolute Gasteiger partial charge is 0.351 e. The lowest BCUT2D eigenvalue weighted by Crippen LogP contribution is -2.65. The highest BCUT2D eigenvalue weighted by molar-refractivity contribution is 7.13. The molecule has 1 aliphatic carbocycles. The van der Waals surface area contributed by atoms with E-state index in [4.69, 9.17) is 16.7 Å². The van der Waals surface area contributed by atoms with Crippen LogP contribution in [0.15, 0.2) is 41.8 Å². The molecule has 2 aromatic heterocycles. The predicted octanol–water partition coefficient (Wildman–Crippen LogP) is 5.83. The first-order valence-corrected chi connectivity index (χ1v) is 13.2. The minimum Gasteiger partial charge on any atom is -0.351 e. The van der Waals surface area contributed by atoms with E-state index >= 15 is 0 Å². The van der Waals surface area contributed by atoms with Crippen molar-refractivity contribution in [2.24, 2.45) is 0 Å². The fraction of sp³-hybridized carbons (Fsp3) is 0.423. The van der Waals surface area contributed by atoms with Gasteiger partial charge in [0.25, 0.3) is 5.91 Å². The number of carbonyl (C=O) groups excluding carboxylic acids is 2. The number of hydrogen-bond donors (Lipinski definition) is 1. The maximum absolute atomic E-state index is 14.0. The average molecular weight is 497 g/mol. The van der Waals surface area contributed by atoms with Crippen LogP contribution >= 0.6 is 22.9 Å². The monoisotopic (exact) mass is 496 g/mol. The van der Waals surface area contributed by atoms with Crippen molar-refractivity contribution in [2.75, 3.05) is 4.90 Å². The van der Waals surface area contributed by atoms with Crippen LogP contribution in [0.4, 0.5) is 5.69 Å². The zero-order valence-corrected chi connectivity index (χ0v) is 21.1. The van der Waals surface area contributed by atoms with Crippen molar-refractivity contribution in [2.45, 2.75) is 70.5 Å². The summed E-state index contributed by atoms with van der Waals surface area (Å²) in [5.74, 6) is -0.392. The zero-order valence-electron chi connectivity index (χ0n) is 19.5. The number of nitrogens with one attached hydrogen (secondary N) is 1. The maximum Gasteiger partial charge on any atom is 0.277 e. The Hall–Kier alpha value is -2.64. The van der Waals surface area contributed by atoms with Crippen molar-refractivity contribution < 1.29 is 9.59 Å². The molecular formula is C26H29ClN4O2S. The molecule has 8 heteroatoms. The Morgan fingerprint density at radius 1 is 1.18 bits per heavy atom. The van der Waals surface area contributed by atoms with Gasteiger partial charge in [0.2, 0.25) is 5.91 Å². The first-order chi connectivity index (χ1) is 16.4. The molecule has 1 fully saturated rings. The van der Waals surface area contributed by atoms with Gasteiger partial charge in [-0.15, -0.1) is 11.3 Å². The molecule has 1 aromatic carbocycles. The number of benzene rings is 1. The Bertz CT molecular complexity index is 1210. The van der Waals surface area contributed by atoms with E-state index in [1.54, 1.807) is 33.1 Å². The standard InChI is InChI=1S/C26H29ClN4O2S/c1-17-11-12-18(27)14-21(17)31-24(32)22-15-20(23-10-7-13-34-23)29-30(22)16-26(31,2)25(33)28-19-8-5-3-4-6-9-19/h7,10-15,19H,3-6,8-9,16H2,1-2H3,(H,28,33)/t26-/m0/s1. The van der Waals surface area contributed by atoms with Gasteiger partial charge in [0.15, 0.2) is 0 Å². The molecular weight excluding hydrogens is 468 g/mol. The molecule has 0 saturated heterocycles. The minimum atomic E-state index is -1.15. The number of nitrogens with zero attached hydrogens (tertiary/aromatic N) is 3. The average Bonchev–Trinajstić information content (AvgIpc) is 3.41. The molecule has 178 valence electrons. The molecule has 2 aliphatic rings. The summed E-state index contributed by atoms with van der Waals surface area (Å²) < 4.78 is 1.69. The van der Waals surface area contributed by atoms with Crippen LogP contribution in [-0.2, 0) is 11.3 Å². The molecule has 0 radical (unpaired) electrons. The Balaban J connectivity index is 1.58. The molecule has 3 heterocycles. The number of aryl methyl sites for hydroxylation is 1. The summed E-state index contributed by atoms with van der Waals surface area (Å²) in [6.45, 7) is 4.04. The van der Waals surface area contributed by atoms with Gasteiger partial charge in [-0.1, -0.05) is 49.4 Å². The van der Waals surface area contributed by atoms with E-state index in [0.717, 1.165) is 41.8 Å². The quantitative estimate of drug-likeness (QED) is 0.462. The molecule has 1 saturated carbocycles. The lowest BCUT2D eigenvalue weighted by Gasteiger charge is -2.44. The van der Waals surface area contributed by atoms with Crippen LogP contribution < -0.4 is 10.2 Å². The summed E-state index contributed by atoms with van der Waals surface area (Å²) >= 11 is 7.92. The van der Waals surface area contributed by atoms with Crippen LogP contribution in [-0.4, -0.2) is 33.2 Å². The lowest BCUT2D eigenvalue weighted by atomic mass is 9.92. The molecule has 0 bridgehead atoms. The number of rotatable bonds is 4. The summed E-state index contributed by atoms with van der Waals surface area (Å²) in [6.07, 6.45) is 6.59. The van der Waals surface area contributed by atoms with E-state index in [9.17, 15) is 9.59 Å². The molecule has 1 atom stereocenters. The SMILES string of the molecule is Cc1ccc(Cl)cc1N1C(=O)c2cc(-c3cccs3)nn2C[C@@]1(C)C(=O)NC1CCCCCC1. The van der Waals surface area contributed by atoms with Gasteiger partial charge >= 0.3 is 0 Å². The Morgan fingerprint density at radius 2 is 1.94 bits per heavy atom. The summed E-state index contributed by atoms with van der Waals surface area (Å²) in [7, 11) is 0. The van der Waals surface area contributed by atoms with E-state index in [1.807, 2.05) is 43.5 Å². The van der Waals surface area contributed by atoms with Crippen molar-refractivity contribution in [3.8, 4) is 10.6 Å². The summed E-state index contributed by atoms with van der Waals surface area (Å²) in [5.41, 5.74) is 1.61. The van der Waals surface area contributed by atoms with Crippen LogP contribution in [0.2, 0.25) is 5.02 Å². The Kier molecular flexibility index (Phi) is 6.25. The van der Waals surface area contributed by atoms with Crippen LogP contribution in [0.1, 0.15) is 61.5 Å². The number of hydrogen-bond acceptors (Lipinski definition) is 4. The second-order valence-corrected chi connectivity index (χ2v) is 10.9. The first kappa shape index (κ1) is 23.1. The predicted molar refractivity (Wildman–Crippen MR) is 137 cm³/mol. The van der Waals surface area contributed by atoms with E-state index in [-0.39, 0.29) is 24.4 Å². The van der Waals surface area contributed by atoms with Crippen LogP contribution in [0.5, 0.6) is 0 Å². The molecule has 1 aliphatic heterocycles. The molecule has 0 spiro atoms. The number of aromatic nitrogens is 2. The van der Waals surface area contributed by atoms with Crippen LogP contribution in [0.3, 0.4) is 0 Å². The third-order valence-electron chi connectivity index (χ3n) is 7.02. The maximum atomic E-state index is 14.0. The fourth-order valence-corrected chi connectivity index (χ4v) is 5.94. The first-order valence-electron chi connectivity index (χ1n) is 11.9. The normalized spacial score (nSPS) is 21.3. The van der Waals surface area contributed by atoms with Crippen molar-refractivity contribution in [3.05, 3.63) is 58.1 Å². The van der Waals surface area contributed by atoms with Crippen LogP contribution in [0, 0.1) is 6.92 Å². The van der Waals surface area contributed by atoms with Gasteiger partial charge in [-0.25, -0.2) is 0 Å². The molecule has 0 unspecified atom stereocenters. The summed E-state index contributed by atoms with van der Waals surface area (Å²) in [6, 6.07) is 11.4. The summed E-state index contributed by atoms with van der Waals surface area (Å²) in [4.78, 5) is 30.5. The molecule has 6 nitrogen and oxygen atoms in total. The molecule has 5 rings (SSSR count). The second-order valence-electron chi connectivity index (χ2n) is 9.56. The van der Waals surface area contributed by atoms with Gasteiger partial charge in [0, 0.05) is 16.8 Å². The second kappa shape index (κ2) is 9.19. The molecule has 3 aromatic rings. The fourth-order valence-electron chi connectivity index (χ4n) is 5.09. The van der Waals surface area contributed by atoms with Gasteiger partial charge in [-0.05, 0) is 61.9 Å². The topological polar surface area (TPSA) is 67.2 Å². The third kappa shape index (κ3) is 4.16. The van der Waals surface area contributed by atoms with Crippen LogP contribution in [0.25, 0.3) is 10.6 Å². The minimum absolute atomic E-state index is 0.130.